The molecule has 1 unspecified atom stereocenters. The van der Waals surface area contributed by atoms with Crippen molar-refractivity contribution in [1.82, 2.24) is 5.43 Å². The van der Waals surface area contributed by atoms with Crippen LogP contribution >= 0.6 is 15.9 Å². The zero-order valence-electron chi connectivity index (χ0n) is 10.6. The molecule has 21 heavy (non-hydrogen) atoms. The van der Waals surface area contributed by atoms with E-state index in [0.717, 1.165) is 12.1 Å². The standard InChI is InChI=1S/C14H11BrF4N2/c15-10-5-6-12(16)11(7-10)13(21-20)8-1-3-9(4-2-8)14(17,18)19/h1-7,13,21H,20H2. The van der Waals surface area contributed by atoms with Crippen LogP contribution in [0, 0.1) is 5.82 Å². The van der Waals surface area contributed by atoms with Gasteiger partial charge in [-0.05, 0) is 35.9 Å². The fraction of sp³-hybridized carbons (Fsp3) is 0.143. The topological polar surface area (TPSA) is 38.0 Å². The summed E-state index contributed by atoms with van der Waals surface area (Å²) in [5, 5.41) is 0. The Morgan fingerprint density at radius 1 is 1.05 bits per heavy atom. The highest BCUT2D eigenvalue weighted by atomic mass is 79.9. The molecule has 2 aromatic carbocycles. The van der Waals surface area contributed by atoms with Gasteiger partial charge in [-0.3, -0.25) is 5.84 Å². The van der Waals surface area contributed by atoms with Gasteiger partial charge in [0.1, 0.15) is 5.82 Å². The number of alkyl halides is 3. The Hall–Kier alpha value is -1.44. The third-order valence-corrected chi connectivity index (χ3v) is 3.50. The van der Waals surface area contributed by atoms with Crippen molar-refractivity contribution >= 4 is 15.9 Å². The van der Waals surface area contributed by atoms with Crippen molar-refractivity contribution in [2.75, 3.05) is 0 Å². The highest BCUT2D eigenvalue weighted by molar-refractivity contribution is 9.10. The molecular weight excluding hydrogens is 352 g/mol. The normalized spacial score (nSPS) is 13.2. The zero-order chi connectivity index (χ0) is 15.6. The molecular formula is C14H11BrF4N2. The summed E-state index contributed by atoms with van der Waals surface area (Å²) in [4.78, 5) is 0. The van der Waals surface area contributed by atoms with Gasteiger partial charge in [-0.15, -0.1) is 0 Å². The van der Waals surface area contributed by atoms with Crippen molar-refractivity contribution in [1.29, 1.82) is 0 Å². The Bertz CT molecular complexity index is 626. The first-order valence-electron chi connectivity index (χ1n) is 5.91. The Morgan fingerprint density at radius 3 is 2.19 bits per heavy atom. The van der Waals surface area contributed by atoms with Crippen LogP contribution in [0.25, 0.3) is 0 Å². The number of hydrogen-bond acceptors (Lipinski definition) is 2. The zero-order valence-corrected chi connectivity index (χ0v) is 12.2. The van der Waals surface area contributed by atoms with E-state index in [9.17, 15) is 17.6 Å². The number of rotatable bonds is 3. The summed E-state index contributed by atoms with van der Waals surface area (Å²) < 4.78 is 52.1. The minimum absolute atomic E-state index is 0.242. The van der Waals surface area contributed by atoms with E-state index in [1.54, 1.807) is 0 Å². The predicted octanol–water partition coefficient (Wildman–Crippen LogP) is 4.16. The second-order valence-electron chi connectivity index (χ2n) is 4.39. The maximum atomic E-state index is 13.9. The molecule has 2 rings (SSSR count). The van der Waals surface area contributed by atoms with E-state index in [-0.39, 0.29) is 5.56 Å². The second-order valence-corrected chi connectivity index (χ2v) is 5.30. The van der Waals surface area contributed by atoms with Crippen LogP contribution in [0.3, 0.4) is 0 Å². The molecule has 0 bridgehead atoms. The summed E-state index contributed by atoms with van der Waals surface area (Å²) in [5.74, 6) is 4.93. The first kappa shape index (κ1) is 15.9. The molecule has 0 aliphatic carbocycles. The van der Waals surface area contributed by atoms with E-state index in [1.165, 1.54) is 30.3 Å². The molecule has 112 valence electrons. The second kappa shape index (κ2) is 6.13. The number of hydrazine groups is 1. The molecule has 0 amide bonds. The molecule has 7 heteroatoms. The molecule has 0 spiro atoms. The fourth-order valence-electron chi connectivity index (χ4n) is 1.97. The molecule has 0 aliphatic heterocycles. The van der Waals surface area contributed by atoms with Crippen molar-refractivity contribution in [2.24, 2.45) is 5.84 Å². The van der Waals surface area contributed by atoms with Crippen LogP contribution in [-0.2, 0) is 6.18 Å². The van der Waals surface area contributed by atoms with E-state index in [2.05, 4.69) is 21.4 Å². The summed E-state index contributed by atoms with van der Waals surface area (Å²) in [5.41, 5.74) is 2.33. The molecule has 0 saturated heterocycles. The number of halogens is 5. The van der Waals surface area contributed by atoms with E-state index >= 15 is 0 Å². The Morgan fingerprint density at radius 2 is 1.67 bits per heavy atom. The van der Waals surface area contributed by atoms with E-state index in [1.807, 2.05) is 0 Å². The molecule has 0 heterocycles. The van der Waals surface area contributed by atoms with E-state index in [4.69, 9.17) is 5.84 Å². The van der Waals surface area contributed by atoms with Gasteiger partial charge in [0.25, 0.3) is 0 Å². The third-order valence-electron chi connectivity index (χ3n) is 3.01. The van der Waals surface area contributed by atoms with Crippen LogP contribution in [0.2, 0.25) is 0 Å². The van der Waals surface area contributed by atoms with E-state index < -0.39 is 23.6 Å². The smallest absolute Gasteiger partial charge is 0.271 e. The van der Waals surface area contributed by atoms with Gasteiger partial charge >= 0.3 is 6.18 Å². The predicted molar refractivity (Wildman–Crippen MR) is 74.7 cm³/mol. The third kappa shape index (κ3) is 3.61. The minimum Gasteiger partial charge on any atom is -0.271 e. The number of nitrogens with two attached hydrogens (primary N) is 1. The summed E-state index contributed by atoms with van der Waals surface area (Å²) in [6, 6.07) is 7.99. The first-order chi connectivity index (χ1) is 9.82. The average Bonchev–Trinajstić information content (AvgIpc) is 2.43. The van der Waals surface area contributed by atoms with Gasteiger partial charge in [0.2, 0.25) is 0 Å². The largest absolute Gasteiger partial charge is 0.416 e. The van der Waals surface area contributed by atoms with Crippen molar-refractivity contribution in [2.45, 2.75) is 12.2 Å². The van der Waals surface area contributed by atoms with Gasteiger partial charge in [-0.1, -0.05) is 28.1 Å². The molecule has 0 aromatic heterocycles. The maximum Gasteiger partial charge on any atom is 0.416 e. The van der Waals surface area contributed by atoms with Gasteiger partial charge in [-0.2, -0.15) is 13.2 Å². The minimum atomic E-state index is -4.41. The monoisotopic (exact) mass is 362 g/mol. The van der Waals surface area contributed by atoms with Gasteiger partial charge in [0, 0.05) is 10.0 Å². The number of hydrogen-bond donors (Lipinski definition) is 2. The van der Waals surface area contributed by atoms with Crippen LogP contribution in [0.4, 0.5) is 17.6 Å². The SMILES string of the molecule is NNC(c1ccc(C(F)(F)F)cc1)c1cc(Br)ccc1F. The van der Waals surface area contributed by atoms with Gasteiger partial charge < -0.3 is 0 Å². The lowest BCUT2D eigenvalue weighted by molar-refractivity contribution is -0.137. The molecule has 0 saturated carbocycles. The highest BCUT2D eigenvalue weighted by Crippen LogP contribution is 2.31. The molecule has 1 atom stereocenters. The highest BCUT2D eigenvalue weighted by Gasteiger charge is 2.30. The van der Waals surface area contributed by atoms with Crippen molar-refractivity contribution in [3.8, 4) is 0 Å². The molecule has 0 aliphatic rings. The molecule has 3 N–H and O–H groups in total. The average molecular weight is 363 g/mol. The van der Waals surface area contributed by atoms with Crippen molar-refractivity contribution < 1.29 is 17.6 Å². The fourth-order valence-corrected chi connectivity index (χ4v) is 2.34. The molecule has 2 nitrogen and oxygen atoms in total. The van der Waals surface area contributed by atoms with Crippen LogP contribution in [0.5, 0.6) is 0 Å². The molecule has 0 fully saturated rings. The van der Waals surface area contributed by atoms with Crippen LogP contribution in [0.15, 0.2) is 46.9 Å². The van der Waals surface area contributed by atoms with Gasteiger partial charge in [0.15, 0.2) is 0 Å². The quantitative estimate of drug-likeness (QED) is 0.488. The maximum absolute atomic E-state index is 13.9. The van der Waals surface area contributed by atoms with Gasteiger partial charge in [-0.25, -0.2) is 9.82 Å². The lowest BCUT2D eigenvalue weighted by Gasteiger charge is -2.18. The van der Waals surface area contributed by atoms with Crippen molar-refractivity contribution in [3.05, 3.63) is 69.4 Å². The van der Waals surface area contributed by atoms with Crippen molar-refractivity contribution in [3.63, 3.8) is 0 Å². The Balaban J connectivity index is 2.40. The number of nitrogens with one attached hydrogen (secondary N) is 1. The van der Waals surface area contributed by atoms with Crippen LogP contribution < -0.4 is 11.3 Å². The summed E-state index contributed by atoms with van der Waals surface area (Å²) in [6.07, 6.45) is -4.41. The first-order valence-corrected chi connectivity index (χ1v) is 6.70. The lowest BCUT2D eigenvalue weighted by Crippen LogP contribution is -2.29. The van der Waals surface area contributed by atoms with Gasteiger partial charge in [0.05, 0.1) is 11.6 Å². The summed E-state index contributed by atoms with van der Waals surface area (Å²) in [7, 11) is 0. The lowest BCUT2D eigenvalue weighted by atomic mass is 9.98. The molecule has 0 radical (unpaired) electrons. The Labute approximate surface area is 127 Å². The summed E-state index contributed by atoms with van der Waals surface area (Å²) in [6.45, 7) is 0. The van der Waals surface area contributed by atoms with Crippen LogP contribution in [0.1, 0.15) is 22.7 Å². The van der Waals surface area contributed by atoms with Crippen LogP contribution in [-0.4, -0.2) is 0 Å². The molecule has 2 aromatic rings. The summed E-state index contributed by atoms with van der Waals surface area (Å²) >= 11 is 3.22. The van der Waals surface area contributed by atoms with E-state index in [0.29, 0.717) is 10.0 Å². The number of benzene rings is 2. The Kier molecular flexibility index (Phi) is 4.65.